The maximum absolute atomic E-state index is 10.7. The number of rotatable bonds is 4. The number of benzene rings is 1. The molecule has 1 saturated heterocycles. The predicted molar refractivity (Wildman–Crippen MR) is 113 cm³/mol. The molecule has 0 bridgehead atoms. The van der Waals surface area contributed by atoms with Crippen molar-refractivity contribution >= 4 is 28.9 Å². The Balaban J connectivity index is 1.28. The Bertz CT molecular complexity index is 1010. The van der Waals surface area contributed by atoms with Crippen LogP contribution in [0.3, 0.4) is 0 Å². The molecule has 2 aromatic heterocycles. The molecule has 4 atom stereocenters. The first-order valence-corrected chi connectivity index (χ1v) is 11.2. The van der Waals surface area contributed by atoms with Gasteiger partial charge in [0.25, 0.3) is 0 Å². The van der Waals surface area contributed by atoms with Crippen molar-refractivity contribution in [3.05, 3.63) is 36.8 Å². The van der Waals surface area contributed by atoms with Gasteiger partial charge in [-0.25, -0.2) is 9.97 Å². The van der Waals surface area contributed by atoms with Crippen molar-refractivity contribution in [1.82, 2.24) is 19.5 Å². The first-order valence-electron chi connectivity index (χ1n) is 9.98. The summed E-state index contributed by atoms with van der Waals surface area (Å²) in [4.78, 5) is 17.0. The summed E-state index contributed by atoms with van der Waals surface area (Å²) in [5.74, 6) is 2.46. The molecule has 1 aliphatic heterocycles. The molecule has 29 heavy (non-hydrogen) atoms. The molecular weight excluding hydrogens is 386 g/mol. The number of aliphatic hydroxyl groups excluding tert-OH is 1. The lowest BCUT2D eigenvalue weighted by Crippen LogP contribution is -2.42. The van der Waals surface area contributed by atoms with Crippen LogP contribution in [-0.2, 0) is 7.05 Å². The summed E-state index contributed by atoms with van der Waals surface area (Å²) in [6.45, 7) is 1.76. The van der Waals surface area contributed by atoms with Gasteiger partial charge in [-0.3, -0.25) is 0 Å². The van der Waals surface area contributed by atoms with Crippen LogP contribution in [0.15, 0.2) is 41.7 Å². The van der Waals surface area contributed by atoms with E-state index in [1.165, 1.54) is 4.90 Å². The first kappa shape index (κ1) is 18.7. The number of imidazole rings is 1. The van der Waals surface area contributed by atoms with E-state index in [1.54, 1.807) is 18.1 Å². The normalized spacial score (nSPS) is 26.7. The number of hydrogen-bond acceptors (Lipinski definition) is 7. The Morgan fingerprint density at radius 2 is 1.86 bits per heavy atom. The number of aryl methyl sites for hydroxylation is 1. The van der Waals surface area contributed by atoms with Gasteiger partial charge in [-0.1, -0.05) is 0 Å². The molecule has 8 heteroatoms. The lowest BCUT2D eigenvalue weighted by molar-refractivity contribution is -0.0231. The van der Waals surface area contributed by atoms with Crippen LogP contribution in [-0.4, -0.2) is 56.2 Å². The smallest absolute Gasteiger partial charge is 0.227 e. The second kappa shape index (κ2) is 7.50. The van der Waals surface area contributed by atoms with Crippen molar-refractivity contribution < 1.29 is 9.84 Å². The molecular formula is C21H25N5O2S. The number of ether oxygens (including phenoxy) is 1. The molecule has 3 aromatic rings. The molecule has 0 radical (unpaired) electrons. The standard InChI is InChI=1S/C21H25N5O2S/c1-25-12-23-20-17(25)9-22-21(24-20)26-10-13-7-18(27)19(8-14(13)11-26)28-15-3-5-16(29-2)6-4-15/h3-6,9,12-14,18-19,27H,7-8,10-11H2,1-2H3/t13-,14+,18+,19+/m0/s1. The van der Waals surface area contributed by atoms with Crippen molar-refractivity contribution in [2.24, 2.45) is 18.9 Å². The summed E-state index contributed by atoms with van der Waals surface area (Å²) in [5, 5.41) is 10.7. The minimum Gasteiger partial charge on any atom is -0.488 e. The quantitative estimate of drug-likeness (QED) is 0.662. The zero-order valence-electron chi connectivity index (χ0n) is 16.6. The van der Waals surface area contributed by atoms with Crippen LogP contribution >= 0.6 is 11.8 Å². The maximum atomic E-state index is 10.7. The van der Waals surface area contributed by atoms with E-state index >= 15 is 0 Å². The Kier molecular flexibility index (Phi) is 4.83. The van der Waals surface area contributed by atoms with Crippen molar-refractivity contribution in [1.29, 1.82) is 0 Å². The Labute approximate surface area is 174 Å². The summed E-state index contributed by atoms with van der Waals surface area (Å²) in [6.07, 6.45) is 6.63. The van der Waals surface area contributed by atoms with Gasteiger partial charge in [-0.2, -0.15) is 4.98 Å². The van der Waals surface area contributed by atoms with Crippen molar-refractivity contribution in [2.75, 3.05) is 24.2 Å². The lowest BCUT2D eigenvalue weighted by Gasteiger charge is -2.35. The molecule has 0 amide bonds. The van der Waals surface area contributed by atoms with Crippen LogP contribution in [0, 0.1) is 11.8 Å². The van der Waals surface area contributed by atoms with Crippen LogP contribution in [0.5, 0.6) is 5.75 Å². The summed E-state index contributed by atoms with van der Waals surface area (Å²) in [7, 11) is 1.94. The van der Waals surface area contributed by atoms with E-state index in [0.29, 0.717) is 11.8 Å². The van der Waals surface area contributed by atoms with E-state index in [-0.39, 0.29) is 6.10 Å². The van der Waals surface area contributed by atoms with Gasteiger partial charge in [0.2, 0.25) is 5.95 Å². The molecule has 0 unspecified atom stereocenters. The zero-order chi connectivity index (χ0) is 20.0. The largest absolute Gasteiger partial charge is 0.488 e. The van der Waals surface area contributed by atoms with Crippen molar-refractivity contribution in [3.63, 3.8) is 0 Å². The third-order valence-electron chi connectivity index (χ3n) is 6.19. The molecule has 1 aromatic carbocycles. The highest BCUT2D eigenvalue weighted by Gasteiger charge is 2.43. The van der Waals surface area contributed by atoms with Gasteiger partial charge < -0.3 is 19.3 Å². The fourth-order valence-electron chi connectivity index (χ4n) is 4.57. The van der Waals surface area contributed by atoms with Crippen LogP contribution in [0.25, 0.3) is 11.2 Å². The number of aromatic nitrogens is 4. The van der Waals surface area contributed by atoms with Crippen molar-refractivity contribution in [2.45, 2.75) is 29.9 Å². The molecule has 2 aliphatic rings. The van der Waals surface area contributed by atoms with Crippen molar-refractivity contribution in [3.8, 4) is 5.75 Å². The third-order valence-corrected chi connectivity index (χ3v) is 6.93. The summed E-state index contributed by atoms with van der Waals surface area (Å²) < 4.78 is 8.08. The van der Waals surface area contributed by atoms with Gasteiger partial charge in [0, 0.05) is 25.0 Å². The molecule has 2 fully saturated rings. The topological polar surface area (TPSA) is 76.3 Å². The average molecular weight is 412 g/mol. The monoisotopic (exact) mass is 411 g/mol. The Morgan fingerprint density at radius 1 is 1.10 bits per heavy atom. The van der Waals surface area contributed by atoms with Crippen LogP contribution in [0.2, 0.25) is 0 Å². The van der Waals surface area contributed by atoms with Gasteiger partial charge in [0.1, 0.15) is 17.4 Å². The van der Waals surface area contributed by atoms with Gasteiger partial charge >= 0.3 is 0 Å². The minimum absolute atomic E-state index is 0.171. The number of aliphatic hydroxyl groups is 1. The second-order valence-electron chi connectivity index (χ2n) is 8.03. The lowest BCUT2D eigenvalue weighted by atomic mass is 9.78. The third kappa shape index (κ3) is 3.55. The highest BCUT2D eigenvalue weighted by atomic mass is 32.2. The van der Waals surface area contributed by atoms with Gasteiger partial charge in [0.15, 0.2) is 5.65 Å². The Morgan fingerprint density at radius 3 is 2.62 bits per heavy atom. The number of hydrogen-bond donors (Lipinski definition) is 1. The SMILES string of the molecule is CSc1ccc(O[C@@H]2C[C@@H]3CN(c4ncc5c(ncn5C)n4)C[C@@H]3C[C@H]2O)cc1. The number of nitrogens with zero attached hydrogens (tertiary/aromatic N) is 5. The molecule has 5 rings (SSSR count). The molecule has 1 saturated carbocycles. The van der Waals surface area contributed by atoms with Crippen LogP contribution < -0.4 is 9.64 Å². The van der Waals surface area contributed by atoms with Gasteiger partial charge in [0.05, 0.1) is 18.6 Å². The number of thioether (sulfide) groups is 1. The summed E-state index contributed by atoms with van der Waals surface area (Å²) in [5.41, 5.74) is 1.66. The molecule has 7 nitrogen and oxygen atoms in total. The second-order valence-corrected chi connectivity index (χ2v) is 8.91. The molecule has 0 spiro atoms. The number of fused-ring (bicyclic) bond motifs is 2. The molecule has 3 heterocycles. The Hall–Kier alpha value is -2.32. The maximum Gasteiger partial charge on any atom is 0.227 e. The average Bonchev–Trinajstić information content (AvgIpc) is 3.32. The van der Waals surface area contributed by atoms with E-state index in [2.05, 4.69) is 38.2 Å². The molecule has 1 N–H and O–H groups in total. The van der Waals surface area contributed by atoms with E-state index in [9.17, 15) is 5.11 Å². The van der Waals surface area contributed by atoms with Crippen LogP contribution in [0.4, 0.5) is 5.95 Å². The summed E-state index contributed by atoms with van der Waals surface area (Å²) >= 11 is 1.71. The fourth-order valence-corrected chi connectivity index (χ4v) is 4.97. The number of anilines is 1. The fraction of sp³-hybridized carbons (Fsp3) is 0.476. The van der Waals surface area contributed by atoms with E-state index < -0.39 is 6.10 Å². The molecule has 1 aliphatic carbocycles. The zero-order valence-corrected chi connectivity index (χ0v) is 17.4. The summed E-state index contributed by atoms with van der Waals surface area (Å²) in [6, 6.07) is 8.09. The van der Waals surface area contributed by atoms with E-state index in [4.69, 9.17) is 4.74 Å². The highest BCUT2D eigenvalue weighted by molar-refractivity contribution is 7.98. The first-order chi connectivity index (χ1) is 14.1. The van der Waals surface area contributed by atoms with E-state index in [1.807, 2.05) is 29.9 Å². The van der Waals surface area contributed by atoms with Crippen LogP contribution in [0.1, 0.15) is 12.8 Å². The minimum atomic E-state index is -0.449. The predicted octanol–water partition coefficient (Wildman–Crippen LogP) is 2.74. The molecule has 152 valence electrons. The van der Waals surface area contributed by atoms with Gasteiger partial charge in [-0.15, -0.1) is 11.8 Å². The van der Waals surface area contributed by atoms with Gasteiger partial charge in [-0.05, 0) is 55.2 Å². The highest BCUT2D eigenvalue weighted by Crippen LogP contribution is 2.39. The van der Waals surface area contributed by atoms with E-state index in [0.717, 1.165) is 48.8 Å².